The lowest BCUT2D eigenvalue weighted by Crippen LogP contribution is -2.32. The predicted octanol–water partition coefficient (Wildman–Crippen LogP) is 5.36. The van der Waals surface area contributed by atoms with Crippen molar-refractivity contribution in [2.45, 2.75) is 31.9 Å². The van der Waals surface area contributed by atoms with Gasteiger partial charge in [-0.15, -0.1) is 0 Å². The number of pyridine rings is 1. The first kappa shape index (κ1) is 18.8. The quantitative estimate of drug-likeness (QED) is 0.483. The Morgan fingerprint density at radius 1 is 0.969 bits per heavy atom. The van der Waals surface area contributed by atoms with E-state index < -0.39 is 0 Å². The molecule has 2 atom stereocenters. The van der Waals surface area contributed by atoms with Crippen molar-refractivity contribution in [2.75, 3.05) is 5.32 Å². The van der Waals surface area contributed by atoms with Crippen LogP contribution in [0.2, 0.25) is 0 Å². The summed E-state index contributed by atoms with van der Waals surface area (Å²) in [5, 5.41) is 8.09. The van der Waals surface area contributed by atoms with Crippen LogP contribution in [0.5, 0.6) is 5.75 Å². The number of hydrogen-bond donors (Lipinski definition) is 1. The first-order valence-corrected chi connectivity index (χ1v) is 10.9. The molecule has 2 aliphatic rings. The van der Waals surface area contributed by atoms with E-state index in [1.54, 1.807) is 12.5 Å². The van der Waals surface area contributed by atoms with Gasteiger partial charge in [-0.05, 0) is 40.8 Å². The van der Waals surface area contributed by atoms with Gasteiger partial charge in [0.15, 0.2) is 0 Å². The molecule has 6 nitrogen and oxygen atoms in total. The van der Waals surface area contributed by atoms with Crippen molar-refractivity contribution in [3.05, 3.63) is 107 Å². The molecule has 0 bridgehead atoms. The molecule has 158 valence electrons. The lowest BCUT2D eigenvalue weighted by Gasteiger charge is -2.38. The predicted molar refractivity (Wildman–Crippen MR) is 123 cm³/mol. The van der Waals surface area contributed by atoms with Crippen molar-refractivity contribution >= 4 is 11.6 Å². The standard InChI is InChI=1S/C26H23N5O/c1-16(2)17-9-11-18(12-10-17)25-22-23(20-7-3-4-8-21(20)32-25)30-26-28-15-29-31(26)24(22)19-6-5-13-27-14-19/h3-16,24-25H,1-2H3,(H,28,29,30)/t24-,25-/m0/s1. The Hall–Kier alpha value is -3.93. The molecule has 4 aromatic rings. The maximum absolute atomic E-state index is 6.65. The number of aromatic nitrogens is 4. The summed E-state index contributed by atoms with van der Waals surface area (Å²) in [5.74, 6) is 2.04. The van der Waals surface area contributed by atoms with Crippen LogP contribution in [-0.4, -0.2) is 19.7 Å². The molecular formula is C26H23N5O. The number of benzene rings is 2. The molecule has 2 aromatic carbocycles. The van der Waals surface area contributed by atoms with E-state index in [9.17, 15) is 0 Å². The zero-order chi connectivity index (χ0) is 21.7. The number of nitrogens with zero attached hydrogens (tertiary/aromatic N) is 4. The maximum Gasteiger partial charge on any atom is 0.226 e. The van der Waals surface area contributed by atoms with Crippen molar-refractivity contribution < 1.29 is 4.74 Å². The molecule has 6 heteroatoms. The minimum Gasteiger partial charge on any atom is -0.480 e. The molecule has 0 unspecified atom stereocenters. The van der Waals surface area contributed by atoms with Crippen LogP contribution in [0.15, 0.2) is 85.0 Å². The highest BCUT2D eigenvalue weighted by atomic mass is 16.5. The molecule has 6 rings (SSSR count). The van der Waals surface area contributed by atoms with Crippen LogP contribution in [0.3, 0.4) is 0 Å². The third-order valence-corrected chi connectivity index (χ3v) is 6.23. The highest BCUT2D eigenvalue weighted by Crippen LogP contribution is 2.50. The number of rotatable bonds is 3. The largest absolute Gasteiger partial charge is 0.480 e. The highest BCUT2D eigenvalue weighted by molar-refractivity contribution is 5.85. The van der Waals surface area contributed by atoms with Crippen LogP contribution in [0.4, 0.5) is 5.95 Å². The van der Waals surface area contributed by atoms with Crippen LogP contribution >= 0.6 is 0 Å². The van der Waals surface area contributed by atoms with E-state index in [1.807, 2.05) is 35.1 Å². The van der Waals surface area contributed by atoms with Gasteiger partial charge in [-0.3, -0.25) is 4.98 Å². The second-order valence-electron chi connectivity index (χ2n) is 8.49. The van der Waals surface area contributed by atoms with E-state index in [4.69, 9.17) is 4.74 Å². The molecule has 0 saturated carbocycles. The number of fused-ring (bicyclic) bond motifs is 3. The van der Waals surface area contributed by atoms with Gasteiger partial charge in [0.25, 0.3) is 0 Å². The summed E-state index contributed by atoms with van der Waals surface area (Å²) in [7, 11) is 0. The molecule has 2 aliphatic heterocycles. The van der Waals surface area contributed by atoms with Crippen LogP contribution in [0.25, 0.3) is 5.70 Å². The molecule has 4 heterocycles. The molecule has 0 amide bonds. The van der Waals surface area contributed by atoms with Crippen molar-refractivity contribution in [3.63, 3.8) is 0 Å². The van der Waals surface area contributed by atoms with Crippen LogP contribution in [-0.2, 0) is 0 Å². The second kappa shape index (κ2) is 7.34. The molecule has 0 fully saturated rings. The smallest absolute Gasteiger partial charge is 0.226 e. The fourth-order valence-corrected chi connectivity index (χ4v) is 4.61. The van der Waals surface area contributed by atoms with Gasteiger partial charge in [0.1, 0.15) is 24.2 Å². The van der Waals surface area contributed by atoms with Gasteiger partial charge >= 0.3 is 0 Å². The number of para-hydroxylation sites is 1. The lowest BCUT2D eigenvalue weighted by atomic mass is 9.84. The Kier molecular flexibility index (Phi) is 4.31. The normalized spacial score (nSPS) is 19.0. The van der Waals surface area contributed by atoms with E-state index in [1.165, 1.54) is 5.56 Å². The lowest BCUT2D eigenvalue weighted by molar-refractivity contribution is 0.223. The zero-order valence-electron chi connectivity index (χ0n) is 17.9. The Balaban J connectivity index is 1.58. The molecule has 0 spiro atoms. The summed E-state index contributed by atoms with van der Waals surface area (Å²) in [4.78, 5) is 8.85. The molecule has 0 saturated heterocycles. The van der Waals surface area contributed by atoms with E-state index in [2.05, 4.69) is 70.6 Å². The Labute approximate surface area is 186 Å². The first-order chi connectivity index (χ1) is 15.7. The first-order valence-electron chi connectivity index (χ1n) is 10.9. The van der Waals surface area contributed by atoms with E-state index in [0.717, 1.165) is 33.7 Å². The monoisotopic (exact) mass is 421 g/mol. The van der Waals surface area contributed by atoms with E-state index in [0.29, 0.717) is 11.9 Å². The highest BCUT2D eigenvalue weighted by Gasteiger charge is 2.40. The minimum atomic E-state index is -0.267. The topological polar surface area (TPSA) is 64.9 Å². The van der Waals surface area contributed by atoms with Gasteiger partial charge < -0.3 is 10.1 Å². The van der Waals surface area contributed by atoms with Crippen LogP contribution < -0.4 is 10.1 Å². The molecule has 1 N–H and O–H groups in total. The van der Waals surface area contributed by atoms with Crippen LogP contribution in [0, 0.1) is 0 Å². The summed E-state index contributed by atoms with van der Waals surface area (Å²) in [5.41, 5.74) is 6.62. The third-order valence-electron chi connectivity index (χ3n) is 6.23. The maximum atomic E-state index is 6.65. The molecule has 0 radical (unpaired) electrons. The van der Waals surface area contributed by atoms with E-state index in [-0.39, 0.29) is 12.1 Å². The van der Waals surface area contributed by atoms with E-state index >= 15 is 0 Å². The van der Waals surface area contributed by atoms with Crippen molar-refractivity contribution in [1.29, 1.82) is 0 Å². The van der Waals surface area contributed by atoms with Gasteiger partial charge in [-0.25, -0.2) is 4.68 Å². The summed E-state index contributed by atoms with van der Waals surface area (Å²) in [6.07, 6.45) is 5.00. The fourth-order valence-electron chi connectivity index (χ4n) is 4.61. The fraction of sp³-hybridized carbons (Fsp3) is 0.192. The summed E-state index contributed by atoms with van der Waals surface area (Å²) >= 11 is 0. The third kappa shape index (κ3) is 2.91. The Morgan fingerprint density at radius 3 is 2.59 bits per heavy atom. The summed E-state index contributed by atoms with van der Waals surface area (Å²) in [6.45, 7) is 4.41. The van der Waals surface area contributed by atoms with Gasteiger partial charge in [-0.2, -0.15) is 10.1 Å². The van der Waals surface area contributed by atoms with Gasteiger partial charge in [0, 0.05) is 23.5 Å². The average molecular weight is 422 g/mol. The number of anilines is 1. The molecule has 2 aromatic heterocycles. The molecule has 0 aliphatic carbocycles. The van der Waals surface area contributed by atoms with Crippen LogP contribution in [0.1, 0.15) is 54.2 Å². The van der Waals surface area contributed by atoms with Crippen molar-refractivity contribution in [2.24, 2.45) is 0 Å². The Morgan fingerprint density at radius 2 is 1.81 bits per heavy atom. The van der Waals surface area contributed by atoms with Gasteiger partial charge in [0.05, 0.1) is 5.70 Å². The van der Waals surface area contributed by atoms with Crippen molar-refractivity contribution in [1.82, 2.24) is 19.7 Å². The minimum absolute atomic E-state index is 0.180. The number of ether oxygens (including phenoxy) is 1. The summed E-state index contributed by atoms with van der Waals surface area (Å²) in [6, 6.07) is 20.7. The second-order valence-corrected chi connectivity index (χ2v) is 8.49. The number of nitrogens with one attached hydrogen (secondary N) is 1. The SMILES string of the molecule is CC(C)c1ccc([C@@H]2Oc3ccccc3C3=C2[C@H](c2cccnc2)n2ncnc2N3)cc1. The van der Waals surface area contributed by atoms with Crippen molar-refractivity contribution in [3.8, 4) is 5.75 Å². The summed E-state index contributed by atoms with van der Waals surface area (Å²) < 4.78 is 8.57. The average Bonchev–Trinajstić information content (AvgIpc) is 3.31. The Bertz CT molecular complexity index is 1310. The molecule has 32 heavy (non-hydrogen) atoms. The van der Waals surface area contributed by atoms with Gasteiger partial charge in [-0.1, -0.05) is 56.3 Å². The number of hydrogen-bond acceptors (Lipinski definition) is 5. The molecular weight excluding hydrogens is 398 g/mol. The zero-order valence-corrected chi connectivity index (χ0v) is 17.9. The van der Waals surface area contributed by atoms with Gasteiger partial charge in [0.2, 0.25) is 5.95 Å².